The Labute approximate surface area is 103 Å². The molecule has 1 N–H and O–H groups in total. The van der Waals surface area contributed by atoms with Crippen molar-refractivity contribution in [2.45, 2.75) is 32.0 Å². The smallest absolute Gasteiger partial charge is 0.310 e. The van der Waals surface area contributed by atoms with Gasteiger partial charge in [-0.3, -0.25) is 0 Å². The van der Waals surface area contributed by atoms with Crippen molar-refractivity contribution in [1.29, 1.82) is 0 Å². The minimum absolute atomic E-state index is 0.160. The van der Waals surface area contributed by atoms with Crippen LogP contribution in [-0.4, -0.2) is 6.54 Å². The van der Waals surface area contributed by atoms with Gasteiger partial charge in [0, 0.05) is 6.04 Å². The lowest BCUT2D eigenvalue weighted by Crippen LogP contribution is -2.22. The van der Waals surface area contributed by atoms with Gasteiger partial charge in [0.1, 0.15) is 5.82 Å². The average molecular weight is 261 g/mol. The molecule has 2 rings (SSSR count). The zero-order valence-electron chi connectivity index (χ0n) is 10.0. The fourth-order valence-electron chi connectivity index (χ4n) is 2.61. The molecule has 1 saturated heterocycles. The maximum atomic E-state index is 13.0. The van der Waals surface area contributed by atoms with Crippen molar-refractivity contribution in [3.05, 3.63) is 35.1 Å². The molecule has 2 unspecified atom stereocenters. The first-order chi connectivity index (χ1) is 8.43. The van der Waals surface area contributed by atoms with Gasteiger partial charge in [-0.15, -0.1) is 0 Å². The molecule has 0 spiro atoms. The van der Waals surface area contributed by atoms with Crippen LogP contribution in [0.25, 0.3) is 0 Å². The third-order valence-corrected chi connectivity index (χ3v) is 3.53. The van der Waals surface area contributed by atoms with Crippen LogP contribution < -0.4 is 5.32 Å². The topological polar surface area (TPSA) is 12.0 Å². The number of rotatable bonds is 2. The Balaban J connectivity index is 2.44. The van der Waals surface area contributed by atoms with Crippen LogP contribution in [0.2, 0.25) is 0 Å². The predicted octanol–water partition coefficient (Wildman–Crippen LogP) is 3.91. The van der Waals surface area contributed by atoms with Crippen molar-refractivity contribution in [1.82, 2.24) is 5.32 Å². The van der Waals surface area contributed by atoms with E-state index in [-0.39, 0.29) is 17.5 Å². The van der Waals surface area contributed by atoms with Crippen LogP contribution in [0.1, 0.15) is 36.9 Å². The molecule has 1 nitrogen and oxygen atoms in total. The molecule has 18 heavy (non-hydrogen) atoms. The molecular weight excluding hydrogens is 246 g/mol. The largest absolute Gasteiger partial charge is 0.416 e. The zero-order valence-corrected chi connectivity index (χ0v) is 10.0. The van der Waals surface area contributed by atoms with E-state index in [1.54, 1.807) is 0 Å². The Hall–Kier alpha value is -1.10. The van der Waals surface area contributed by atoms with E-state index in [9.17, 15) is 17.6 Å². The van der Waals surface area contributed by atoms with Crippen LogP contribution in [0.3, 0.4) is 0 Å². The fourth-order valence-corrected chi connectivity index (χ4v) is 2.61. The Bertz CT molecular complexity index is 427. The molecular formula is C13H15F4N. The quantitative estimate of drug-likeness (QED) is 0.796. The molecule has 1 aliphatic heterocycles. The molecule has 1 heterocycles. The van der Waals surface area contributed by atoms with Crippen LogP contribution in [0.5, 0.6) is 0 Å². The van der Waals surface area contributed by atoms with Crippen molar-refractivity contribution in [2.24, 2.45) is 5.92 Å². The van der Waals surface area contributed by atoms with Crippen LogP contribution in [0.15, 0.2) is 18.2 Å². The van der Waals surface area contributed by atoms with Crippen LogP contribution >= 0.6 is 0 Å². The molecule has 0 bridgehead atoms. The molecule has 5 heteroatoms. The number of hydrogen-bond acceptors (Lipinski definition) is 1. The lowest BCUT2D eigenvalue weighted by Gasteiger charge is -2.22. The van der Waals surface area contributed by atoms with Gasteiger partial charge in [0.05, 0.1) is 5.56 Å². The molecule has 1 fully saturated rings. The highest BCUT2D eigenvalue weighted by atomic mass is 19.4. The van der Waals surface area contributed by atoms with Crippen molar-refractivity contribution < 1.29 is 17.6 Å². The summed E-state index contributed by atoms with van der Waals surface area (Å²) in [5.41, 5.74) is -0.700. The third-order valence-electron chi connectivity index (χ3n) is 3.53. The molecule has 0 saturated carbocycles. The van der Waals surface area contributed by atoms with E-state index >= 15 is 0 Å². The van der Waals surface area contributed by atoms with Crippen LogP contribution in [-0.2, 0) is 6.18 Å². The number of nitrogens with one attached hydrogen (secondary N) is 1. The first-order valence-electron chi connectivity index (χ1n) is 6.03. The molecule has 0 amide bonds. The Morgan fingerprint density at radius 2 is 2.06 bits per heavy atom. The first-order valence-corrected chi connectivity index (χ1v) is 6.03. The van der Waals surface area contributed by atoms with E-state index in [1.807, 2.05) is 6.92 Å². The summed E-state index contributed by atoms with van der Waals surface area (Å²) in [6.45, 7) is 2.67. The van der Waals surface area contributed by atoms with Crippen molar-refractivity contribution >= 4 is 0 Å². The highest BCUT2D eigenvalue weighted by Crippen LogP contribution is 2.40. The molecule has 1 aliphatic rings. The van der Waals surface area contributed by atoms with Gasteiger partial charge in [0.15, 0.2) is 0 Å². The third kappa shape index (κ3) is 2.51. The Kier molecular flexibility index (Phi) is 3.61. The van der Waals surface area contributed by atoms with E-state index in [2.05, 4.69) is 5.32 Å². The van der Waals surface area contributed by atoms with E-state index in [1.165, 1.54) is 6.07 Å². The SMILES string of the molecule is CCC1CCNC1c1ccc(F)cc1C(F)(F)F. The maximum Gasteiger partial charge on any atom is 0.416 e. The molecule has 0 radical (unpaired) electrons. The van der Waals surface area contributed by atoms with Crippen LogP contribution in [0.4, 0.5) is 17.6 Å². The summed E-state index contributed by atoms with van der Waals surface area (Å²) in [6, 6.07) is 2.61. The lowest BCUT2D eigenvalue weighted by atomic mass is 9.89. The highest BCUT2D eigenvalue weighted by molar-refractivity contribution is 5.34. The lowest BCUT2D eigenvalue weighted by molar-refractivity contribution is -0.138. The minimum atomic E-state index is -4.51. The normalized spacial score (nSPS) is 24.5. The summed E-state index contributed by atoms with van der Waals surface area (Å²) in [4.78, 5) is 0. The van der Waals surface area contributed by atoms with Gasteiger partial charge < -0.3 is 5.32 Å². The maximum absolute atomic E-state index is 13.0. The molecule has 1 aromatic carbocycles. The van der Waals surface area contributed by atoms with E-state index in [0.29, 0.717) is 12.6 Å². The summed E-state index contributed by atoms with van der Waals surface area (Å²) in [5.74, 6) is -0.673. The van der Waals surface area contributed by atoms with Gasteiger partial charge in [-0.25, -0.2) is 4.39 Å². The van der Waals surface area contributed by atoms with E-state index < -0.39 is 17.6 Å². The molecule has 100 valence electrons. The first kappa shape index (κ1) is 13.3. The number of alkyl halides is 3. The Morgan fingerprint density at radius 1 is 1.33 bits per heavy atom. The molecule has 2 atom stereocenters. The summed E-state index contributed by atoms with van der Waals surface area (Å²) in [6.07, 6.45) is -2.85. The van der Waals surface area contributed by atoms with E-state index in [4.69, 9.17) is 0 Å². The minimum Gasteiger partial charge on any atom is -0.310 e. The molecule has 0 aromatic heterocycles. The average Bonchev–Trinajstić information content (AvgIpc) is 2.75. The monoisotopic (exact) mass is 261 g/mol. The van der Waals surface area contributed by atoms with Gasteiger partial charge in [0.25, 0.3) is 0 Å². The summed E-state index contributed by atoms with van der Waals surface area (Å²) in [7, 11) is 0. The molecule has 1 aromatic rings. The second-order valence-corrected chi connectivity index (χ2v) is 4.62. The van der Waals surface area contributed by atoms with Crippen molar-refractivity contribution in [2.75, 3.05) is 6.54 Å². The van der Waals surface area contributed by atoms with Gasteiger partial charge >= 0.3 is 6.18 Å². The molecule has 0 aliphatic carbocycles. The predicted molar refractivity (Wildman–Crippen MR) is 60.5 cm³/mol. The van der Waals surface area contributed by atoms with Crippen molar-refractivity contribution in [3.8, 4) is 0 Å². The van der Waals surface area contributed by atoms with Crippen molar-refractivity contribution in [3.63, 3.8) is 0 Å². The highest BCUT2D eigenvalue weighted by Gasteiger charge is 2.38. The van der Waals surface area contributed by atoms with Gasteiger partial charge in [-0.05, 0) is 36.6 Å². The van der Waals surface area contributed by atoms with Gasteiger partial charge in [0.2, 0.25) is 0 Å². The standard InChI is InChI=1S/C13H15F4N/c1-2-8-5-6-18-12(8)10-4-3-9(14)7-11(10)13(15,16)17/h3-4,7-8,12,18H,2,5-6H2,1H3. The summed E-state index contributed by atoms with van der Waals surface area (Å²) < 4.78 is 51.8. The number of benzene rings is 1. The van der Waals surface area contributed by atoms with E-state index in [0.717, 1.165) is 18.9 Å². The Morgan fingerprint density at radius 3 is 2.67 bits per heavy atom. The van der Waals surface area contributed by atoms with Crippen LogP contribution in [0, 0.1) is 11.7 Å². The van der Waals surface area contributed by atoms with Gasteiger partial charge in [-0.2, -0.15) is 13.2 Å². The zero-order chi connectivity index (χ0) is 13.3. The number of halogens is 4. The van der Waals surface area contributed by atoms with Gasteiger partial charge in [-0.1, -0.05) is 19.4 Å². The second kappa shape index (κ2) is 4.88. The summed E-state index contributed by atoms with van der Waals surface area (Å²) >= 11 is 0. The summed E-state index contributed by atoms with van der Waals surface area (Å²) in [5, 5.41) is 3.08. The number of hydrogen-bond donors (Lipinski definition) is 1. The second-order valence-electron chi connectivity index (χ2n) is 4.62. The fraction of sp³-hybridized carbons (Fsp3) is 0.538.